The second-order valence-electron chi connectivity index (χ2n) is 11.4. The smallest absolute Gasteiger partial charge is 0.247 e. The van der Waals surface area contributed by atoms with Crippen molar-refractivity contribution in [2.24, 2.45) is 0 Å². The summed E-state index contributed by atoms with van der Waals surface area (Å²) in [5.41, 5.74) is 13.4. The molecule has 2 aliphatic rings. The van der Waals surface area contributed by atoms with Crippen LogP contribution in [0.4, 0.5) is 0 Å². The first-order valence-corrected chi connectivity index (χ1v) is 16.7. The van der Waals surface area contributed by atoms with Crippen molar-refractivity contribution in [3.05, 3.63) is 152 Å². The van der Waals surface area contributed by atoms with E-state index in [1.807, 2.05) is 48.2 Å². The van der Waals surface area contributed by atoms with Gasteiger partial charge >= 0.3 is 0 Å². The quantitative estimate of drug-likeness (QED) is 0.187. The Balaban J connectivity index is 1.20. The summed E-state index contributed by atoms with van der Waals surface area (Å²) in [6.07, 6.45) is 5.90. The Morgan fingerprint density at radius 3 is 1.76 bits per heavy atom. The van der Waals surface area contributed by atoms with E-state index in [-0.39, 0.29) is 6.71 Å². The van der Waals surface area contributed by atoms with Crippen molar-refractivity contribution in [3.63, 3.8) is 0 Å². The summed E-state index contributed by atoms with van der Waals surface area (Å²) in [6, 6.07) is 48.0. The fourth-order valence-corrected chi connectivity index (χ4v) is 9.34. The van der Waals surface area contributed by atoms with Crippen LogP contribution in [0.5, 0.6) is 0 Å². The average Bonchev–Trinajstić information content (AvgIpc) is 3.12. The predicted octanol–water partition coefficient (Wildman–Crippen LogP) is 8.59. The number of benzene rings is 5. The SMILES string of the molecule is c1ccc(-c2cncc(-c3cccc4c3Sc3cccc5c3B4c3cccc(-c4ccnc(-c6ccccc6)c4)c3S5)c2)cc1. The molecule has 4 heterocycles. The van der Waals surface area contributed by atoms with Crippen LogP contribution in [-0.4, -0.2) is 16.7 Å². The average molecular weight is 609 g/mol. The maximum atomic E-state index is 4.71. The third-order valence-corrected chi connectivity index (χ3v) is 11.2. The molecule has 9 rings (SSSR count). The van der Waals surface area contributed by atoms with Gasteiger partial charge in [0.05, 0.1) is 5.69 Å². The van der Waals surface area contributed by atoms with E-state index in [2.05, 4.69) is 132 Å². The number of hydrogen-bond acceptors (Lipinski definition) is 4. The summed E-state index contributed by atoms with van der Waals surface area (Å²) in [5.74, 6) is 0. The normalized spacial score (nSPS) is 12.7. The summed E-state index contributed by atoms with van der Waals surface area (Å²) in [6.45, 7) is 0.157. The van der Waals surface area contributed by atoms with E-state index in [1.54, 1.807) is 0 Å². The molecular weight excluding hydrogens is 583 g/mol. The van der Waals surface area contributed by atoms with Crippen molar-refractivity contribution in [2.45, 2.75) is 19.6 Å². The van der Waals surface area contributed by atoms with Crippen LogP contribution in [0.3, 0.4) is 0 Å². The topological polar surface area (TPSA) is 25.8 Å². The molecule has 2 aliphatic heterocycles. The number of aromatic nitrogens is 2. The molecule has 0 atom stereocenters. The molecule has 5 heteroatoms. The molecule has 45 heavy (non-hydrogen) atoms. The van der Waals surface area contributed by atoms with Crippen LogP contribution in [0.1, 0.15) is 0 Å². The van der Waals surface area contributed by atoms with Crippen LogP contribution in [0.15, 0.2) is 172 Å². The largest absolute Gasteiger partial charge is 0.263 e. The van der Waals surface area contributed by atoms with Gasteiger partial charge in [0.25, 0.3) is 0 Å². The zero-order valence-electron chi connectivity index (χ0n) is 24.2. The van der Waals surface area contributed by atoms with E-state index in [1.165, 1.54) is 58.2 Å². The molecule has 2 aromatic heterocycles. The maximum absolute atomic E-state index is 4.71. The van der Waals surface area contributed by atoms with E-state index in [0.717, 1.165) is 22.4 Å². The van der Waals surface area contributed by atoms with Crippen LogP contribution in [-0.2, 0) is 0 Å². The van der Waals surface area contributed by atoms with Gasteiger partial charge in [0, 0.05) is 54.9 Å². The summed E-state index contributed by atoms with van der Waals surface area (Å²) in [4.78, 5) is 14.7. The molecule has 0 unspecified atom stereocenters. The molecule has 0 radical (unpaired) electrons. The summed E-state index contributed by atoms with van der Waals surface area (Å²) in [7, 11) is 0. The minimum Gasteiger partial charge on any atom is -0.263 e. The molecule has 7 aromatic rings. The highest BCUT2D eigenvalue weighted by molar-refractivity contribution is 8.01. The number of hydrogen-bond donors (Lipinski definition) is 0. The number of rotatable bonds is 4. The highest BCUT2D eigenvalue weighted by Gasteiger charge is 2.39. The minimum absolute atomic E-state index is 0.157. The third-order valence-electron chi connectivity index (χ3n) is 8.75. The first-order chi connectivity index (χ1) is 22.3. The van der Waals surface area contributed by atoms with E-state index in [0.29, 0.717) is 0 Å². The Morgan fingerprint density at radius 1 is 0.467 bits per heavy atom. The summed E-state index contributed by atoms with van der Waals surface area (Å²) >= 11 is 3.80. The molecule has 0 spiro atoms. The van der Waals surface area contributed by atoms with Crippen LogP contribution >= 0.6 is 23.5 Å². The fraction of sp³-hybridized carbons (Fsp3) is 0. The molecule has 5 aromatic carbocycles. The van der Waals surface area contributed by atoms with Gasteiger partial charge in [-0.3, -0.25) is 9.97 Å². The van der Waals surface area contributed by atoms with Gasteiger partial charge in [0.15, 0.2) is 0 Å². The number of pyridine rings is 2. The van der Waals surface area contributed by atoms with Gasteiger partial charge in [-0.2, -0.15) is 0 Å². The molecular formula is C40H25BN2S2. The molecule has 0 N–H and O–H groups in total. The molecule has 0 aliphatic carbocycles. The molecule has 0 amide bonds. The first-order valence-electron chi connectivity index (χ1n) is 15.1. The molecule has 0 fully saturated rings. The first kappa shape index (κ1) is 26.6. The van der Waals surface area contributed by atoms with Gasteiger partial charge in [0.2, 0.25) is 6.71 Å². The zero-order chi connectivity index (χ0) is 29.7. The predicted molar refractivity (Wildman–Crippen MR) is 190 cm³/mol. The standard InChI is InChI=1S/C40H25BN2S2/c1-3-10-26(11-4-1)29-22-30(25-42-24-29)32-15-8-17-34-40(32)45-37-19-9-18-36-38(37)41(34)33-16-7-14-31(39(33)44-36)28-20-21-43-35(23-28)27-12-5-2-6-13-27/h1-25H. The lowest BCUT2D eigenvalue weighted by atomic mass is 9.36. The molecule has 0 bridgehead atoms. The van der Waals surface area contributed by atoms with E-state index in [9.17, 15) is 0 Å². The van der Waals surface area contributed by atoms with Crippen molar-refractivity contribution in [2.75, 3.05) is 0 Å². The maximum Gasteiger partial charge on any atom is 0.247 e. The van der Waals surface area contributed by atoms with Gasteiger partial charge in [-0.15, -0.1) is 0 Å². The molecule has 0 saturated carbocycles. The minimum atomic E-state index is 0.157. The van der Waals surface area contributed by atoms with Crippen molar-refractivity contribution < 1.29 is 0 Å². The van der Waals surface area contributed by atoms with Crippen molar-refractivity contribution in [1.82, 2.24) is 9.97 Å². The van der Waals surface area contributed by atoms with Crippen LogP contribution in [0, 0.1) is 0 Å². The fourth-order valence-electron chi connectivity index (χ4n) is 6.67. The van der Waals surface area contributed by atoms with Crippen LogP contribution in [0.2, 0.25) is 0 Å². The van der Waals surface area contributed by atoms with Gasteiger partial charge in [-0.25, -0.2) is 0 Å². The molecule has 210 valence electrons. The number of fused-ring (bicyclic) bond motifs is 4. The summed E-state index contributed by atoms with van der Waals surface area (Å²) in [5, 5.41) is 0. The summed E-state index contributed by atoms with van der Waals surface area (Å²) < 4.78 is 0. The Kier molecular flexibility index (Phi) is 6.46. The molecule has 2 nitrogen and oxygen atoms in total. The van der Waals surface area contributed by atoms with Gasteiger partial charge in [-0.1, -0.05) is 138 Å². The van der Waals surface area contributed by atoms with Crippen molar-refractivity contribution >= 4 is 46.6 Å². The van der Waals surface area contributed by atoms with E-state index >= 15 is 0 Å². The van der Waals surface area contributed by atoms with E-state index in [4.69, 9.17) is 4.98 Å². The molecule has 0 saturated heterocycles. The van der Waals surface area contributed by atoms with Crippen molar-refractivity contribution in [1.29, 1.82) is 0 Å². The van der Waals surface area contributed by atoms with Gasteiger partial charge in [0.1, 0.15) is 0 Å². The lowest BCUT2D eigenvalue weighted by Gasteiger charge is -2.34. The Bertz CT molecular complexity index is 2080. The Labute approximate surface area is 271 Å². The van der Waals surface area contributed by atoms with Crippen molar-refractivity contribution in [3.8, 4) is 44.6 Å². The van der Waals surface area contributed by atoms with Crippen LogP contribution in [0.25, 0.3) is 44.6 Å². The van der Waals surface area contributed by atoms with Gasteiger partial charge < -0.3 is 0 Å². The highest BCUT2D eigenvalue weighted by atomic mass is 32.2. The Morgan fingerprint density at radius 2 is 1.07 bits per heavy atom. The highest BCUT2D eigenvalue weighted by Crippen LogP contribution is 2.44. The lowest BCUT2D eigenvalue weighted by molar-refractivity contribution is 1.30. The lowest BCUT2D eigenvalue weighted by Crippen LogP contribution is -2.58. The Hall–Kier alpha value is -4.84. The van der Waals surface area contributed by atoms with E-state index < -0.39 is 0 Å². The third kappa shape index (κ3) is 4.54. The monoisotopic (exact) mass is 608 g/mol. The van der Waals surface area contributed by atoms with Crippen LogP contribution < -0.4 is 16.4 Å². The second-order valence-corrected chi connectivity index (χ2v) is 13.5. The van der Waals surface area contributed by atoms with Gasteiger partial charge in [-0.05, 0) is 58.0 Å². The second kappa shape index (κ2) is 11.0. The number of nitrogens with zero attached hydrogens (tertiary/aromatic N) is 2. The zero-order valence-corrected chi connectivity index (χ0v) is 25.9.